The SMILES string of the molecule is CN(C)C=Nc1nccc2c1CC(=O)N2[C@@H]1CCCN(C(=O)OC(C)(C)C)C1.CN(C)C=Nc1nccc2c1n(-c1ccc(Oc3ccccc3)cc1)c(=O)n2[C@@H]1CCCN(C(=O)OC(C)(C)C)C1.OB(O)c1ccc(Oc2ccccc2)cc1. The van der Waals surface area contributed by atoms with Crippen molar-refractivity contribution in [3.05, 3.63) is 150 Å². The van der Waals surface area contributed by atoms with Crippen LogP contribution in [0.3, 0.4) is 0 Å². The smallest absolute Gasteiger partial charge is 0.457 e. The van der Waals surface area contributed by atoms with E-state index >= 15 is 0 Å². The zero-order valence-electron chi connectivity index (χ0n) is 50.0. The average molecular weight is 1160 g/mol. The number of piperidine rings is 2. The summed E-state index contributed by atoms with van der Waals surface area (Å²) in [6.45, 7) is 13.2. The molecule has 3 amide bonds. The minimum Gasteiger partial charge on any atom is -0.457 e. The number of likely N-dealkylation sites (tertiary alicyclic amines) is 2. The molecule has 7 aromatic rings. The van der Waals surface area contributed by atoms with E-state index in [1.165, 1.54) is 0 Å². The summed E-state index contributed by atoms with van der Waals surface area (Å²) < 4.78 is 26.1. The average Bonchev–Trinajstić information content (AvgIpc) is 2.15. The zero-order valence-corrected chi connectivity index (χ0v) is 50.0. The number of hydrogen-bond donors (Lipinski definition) is 2. The first-order valence-electron chi connectivity index (χ1n) is 28.3. The molecule has 2 fully saturated rings. The second-order valence-electron chi connectivity index (χ2n) is 23.2. The molecule has 21 nitrogen and oxygen atoms in total. The van der Waals surface area contributed by atoms with Crippen LogP contribution in [0.5, 0.6) is 23.0 Å². The van der Waals surface area contributed by atoms with E-state index in [2.05, 4.69) is 20.0 Å². The first-order valence-corrected chi connectivity index (χ1v) is 28.3. The molecule has 0 aliphatic carbocycles. The number of para-hydroxylation sites is 2. The molecule has 85 heavy (non-hydrogen) atoms. The van der Waals surface area contributed by atoms with Crippen molar-refractivity contribution in [2.24, 2.45) is 9.98 Å². The lowest BCUT2D eigenvalue weighted by Gasteiger charge is -2.38. The predicted octanol–water partition coefficient (Wildman–Crippen LogP) is 9.52. The highest BCUT2D eigenvalue weighted by molar-refractivity contribution is 6.58. The fraction of sp³-hybridized carbons (Fsp3) is 0.365. The lowest BCUT2D eigenvalue weighted by atomic mass is 9.80. The van der Waals surface area contributed by atoms with Crippen molar-refractivity contribution in [1.82, 2.24) is 38.7 Å². The van der Waals surface area contributed by atoms with Gasteiger partial charge in [0.15, 0.2) is 11.6 Å². The van der Waals surface area contributed by atoms with Gasteiger partial charge in [-0.2, -0.15) is 0 Å². The van der Waals surface area contributed by atoms with Crippen LogP contribution in [0.15, 0.2) is 149 Å². The van der Waals surface area contributed by atoms with Gasteiger partial charge in [0.05, 0.1) is 48.1 Å². The van der Waals surface area contributed by atoms with Gasteiger partial charge in [0.2, 0.25) is 5.91 Å². The van der Waals surface area contributed by atoms with E-state index in [0.29, 0.717) is 71.5 Å². The van der Waals surface area contributed by atoms with Gasteiger partial charge in [-0.05, 0) is 145 Å². The van der Waals surface area contributed by atoms with Gasteiger partial charge in [0.25, 0.3) is 0 Å². The fourth-order valence-corrected chi connectivity index (χ4v) is 9.86. The van der Waals surface area contributed by atoms with Crippen molar-refractivity contribution < 1.29 is 43.4 Å². The summed E-state index contributed by atoms with van der Waals surface area (Å²) in [6.07, 6.45) is 9.47. The molecule has 3 aliphatic rings. The van der Waals surface area contributed by atoms with E-state index in [1.807, 2.05) is 181 Å². The number of amides is 3. The van der Waals surface area contributed by atoms with Crippen LogP contribution < -0.4 is 25.5 Å². The number of carbonyl (C=O) groups is 3. The van der Waals surface area contributed by atoms with Gasteiger partial charge in [-0.3, -0.25) is 13.9 Å². The van der Waals surface area contributed by atoms with Crippen molar-refractivity contribution in [2.45, 2.75) is 96.9 Å². The molecule has 0 saturated carbocycles. The van der Waals surface area contributed by atoms with Gasteiger partial charge < -0.3 is 53.5 Å². The molecule has 2 N–H and O–H groups in total. The molecular weight excluding hydrogens is 1080 g/mol. The second kappa shape index (κ2) is 27.6. The van der Waals surface area contributed by atoms with Crippen LogP contribution in [0.2, 0.25) is 0 Å². The maximum absolute atomic E-state index is 14.2. The number of rotatable bonds is 12. The lowest BCUT2D eigenvalue weighted by molar-refractivity contribution is -0.118. The normalized spacial score (nSPS) is 16.0. The number of hydrogen-bond acceptors (Lipinski definition) is 14. The monoisotopic (exact) mass is 1160 g/mol. The first kappa shape index (κ1) is 62.0. The number of anilines is 1. The van der Waals surface area contributed by atoms with E-state index in [9.17, 15) is 19.2 Å². The number of aromatic nitrogens is 4. The molecule has 4 aromatic carbocycles. The Kier molecular flexibility index (Phi) is 20.1. The molecule has 0 spiro atoms. The highest BCUT2D eigenvalue weighted by atomic mass is 16.6. The Morgan fingerprint density at radius 1 is 0.624 bits per heavy atom. The Balaban J connectivity index is 0.000000184. The van der Waals surface area contributed by atoms with Crippen LogP contribution >= 0.6 is 0 Å². The number of benzene rings is 4. The van der Waals surface area contributed by atoms with Crippen molar-refractivity contribution in [3.63, 3.8) is 0 Å². The Morgan fingerprint density at radius 3 is 1.61 bits per heavy atom. The molecule has 6 heterocycles. The number of pyridine rings is 2. The van der Waals surface area contributed by atoms with E-state index in [1.54, 1.807) is 68.3 Å². The van der Waals surface area contributed by atoms with Crippen LogP contribution in [0.1, 0.15) is 78.8 Å². The van der Waals surface area contributed by atoms with Crippen molar-refractivity contribution in [3.8, 4) is 28.7 Å². The summed E-state index contributed by atoms with van der Waals surface area (Å²) >= 11 is 0. The van der Waals surface area contributed by atoms with Crippen molar-refractivity contribution >= 4 is 71.7 Å². The van der Waals surface area contributed by atoms with Crippen LogP contribution in [-0.4, -0.2) is 158 Å². The van der Waals surface area contributed by atoms with Gasteiger partial charge in [0, 0.05) is 72.3 Å². The van der Waals surface area contributed by atoms with Crippen LogP contribution in [0, 0.1) is 0 Å². The topological polar surface area (TPSA) is 222 Å². The Hall–Kier alpha value is -9.02. The molecule has 22 heteroatoms. The van der Waals surface area contributed by atoms with Crippen LogP contribution in [0.4, 0.5) is 26.9 Å². The molecule has 2 saturated heterocycles. The maximum atomic E-state index is 14.2. The lowest BCUT2D eigenvalue weighted by Crippen LogP contribution is -2.51. The van der Waals surface area contributed by atoms with Gasteiger partial charge in [-0.25, -0.2) is 34.3 Å². The Labute approximate surface area is 496 Å². The van der Waals surface area contributed by atoms with Crippen LogP contribution in [-0.2, 0) is 20.7 Å². The number of imidazole rings is 1. The third kappa shape index (κ3) is 16.6. The number of nitrogens with zero attached hydrogens (tertiary/aromatic N) is 11. The van der Waals surface area contributed by atoms with Gasteiger partial charge >= 0.3 is 25.0 Å². The fourth-order valence-electron chi connectivity index (χ4n) is 9.86. The Morgan fingerprint density at radius 2 is 1.09 bits per heavy atom. The van der Waals surface area contributed by atoms with Gasteiger partial charge in [-0.15, -0.1) is 0 Å². The quantitative estimate of drug-likeness (QED) is 0.0661. The predicted molar refractivity (Wildman–Crippen MR) is 331 cm³/mol. The molecule has 0 radical (unpaired) electrons. The van der Waals surface area contributed by atoms with E-state index < -0.39 is 18.3 Å². The summed E-state index contributed by atoms with van der Waals surface area (Å²) in [7, 11) is 6.08. The largest absolute Gasteiger partial charge is 0.488 e. The minimum absolute atomic E-state index is 0.0281. The zero-order chi connectivity index (χ0) is 61.0. The minimum atomic E-state index is -1.44. The maximum Gasteiger partial charge on any atom is 0.488 e. The van der Waals surface area contributed by atoms with Gasteiger partial charge in [-0.1, -0.05) is 48.5 Å². The summed E-state index contributed by atoms with van der Waals surface area (Å²) in [6, 6.07) is 36.3. The molecule has 446 valence electrons. The molecular formula is C63H76BN11O10. The first-order chi connectivity index (χ1) is 40.5. The molecule has 2 atom stereocenters. The van der Waals surface area contributed by atoms with Gasteiger partial charge in [0.1, 0.15) is 39.7 Å². The third-order valence-electron chi connectivity index (χ3n) is 13.5. The Bertz CT molecular complexity index is 3510. The van der Waals surface area contributed by atoms with Crippen LogP contribution in [0.25, 0.3) is 16.7 Å². The summed E-state index contributed by atoms with van der Waals surface area (Å²) in [5.41, 5.74) is 2.75. The summed E-state index contributed by atoms with van der Waals surface area (Å²) in [4.78, 5) is 79.1. The van der Waals surface area contributed by atoms with E-state index in [0.717, 1.165) is 48.4 Å². The second-order valence-corrected chi connectivity index (χ2v) is 23.2. The summed E-state index contributed by atoms with van der Waals surface area (Å²) in [5, 5.41) is 17.8. The molecule has 0 unspecified atom stereocenters. The summed E-state index contributed by atoms with van der Waals surface area (Å²) in [5.74, 6) is 3.82. The molecule has 3 aromatic heterocycles. The third-order valence-corrected chi connectivity index (χ3v) is 13.5. The highest BCUT2D eigenvalue weighted by Crippen LogP contribution is 2.38. The number of carbonyl (C=O) groups excluding carboxylic acids is 3. The molecule has 10 rings (SSSR count). The van der Waals surface area contributed by atoms with E-state index in [-0.39, 0.29) is 42.3 Å². The number of fused-ring (bicyclic) bond motifs is 2. The highest BCUT2D eigenvalue weighted by Gasteiger charge is 2.39. The van der Waals surface area contributed by atoms with Crippen molar-refractivity contribution in [2.75, 3.05) is 59.3 Å². The number of aliphatic imine (C=N–C) groups is 2. The van der Waals surface area contributed by atoms with E-state index in [4.69, 9.17) is 29.0 Å². The van der Waals surface area contributed by atoms with Crippen molar-refractivity contribution in [1.29, 1.82) is 0 Å². The standard InChI is InChI=1S/C31H36N6O4.C20H29N5O3.C12H11BO3/c1-31(2,3)41-30(39)35-19-9-10-23(20-35)36-26-17-18-32-28(33-21-34(4)5)27(26)37(29(36)38)22-13-15-25(16-14-22)40-24-11-7-6-8-12-24;1-20(2,3)28-19(27)24-10-6-7-14(12-24)25-16-8-9-21-18(22-13-23(4)5)15(16)11-17(25)26;14-13(15)10-6-8-12(9-7-10)16-11-4-2-1-3-5-11/h6-8,11-18,21,23H,9-10,19-20H2,1-5H3;8-9,13-14H,6-7,10-12H2,1-5H3;1-9,14-15H/t23-;14-;/m11./s1. The number of ether oxygens (including phenoxy) is 4. The molecule has 0 bridgehead atoms. The molecule has 3 aliphatic heterocycles.